The van der Waals surface area contributed by atoms with E-state index in [9.17, 15) is 0 Å². The van der Waals surface area contributed by atoms with Gasteiger partial charge in [0.25, 0.3) is 0 Å². The number of benzene rings is 1. The maximum atomic E-state index is 5.76. The van der Waals surface area contributed by atoms with Crippen LogP contribution in [0.3, 0.4) is 0 Å². The van der Waals surface area contributed by atoms with Crippen molar-refractivity contribution in [3.8, 4) is 5.69 Å². The number of fused-ring (bicyclic) bond motifs is 1. The van der Waals surface area contributed by atoms with Gasteiger partial charge >= 0.3 is 0 Å². The van der Waals surface area contributed by atoms with Crippen LogP contribution in [0.15, 0.2) is 36.8 Å². The molecule has 2 heterocycles. The second-order valence-electron chi connectivity index (χ2n) is 6.64. The summed E-state index contributed by atoms with van der Waals surface area (Å²) >= 11 is 0. The van der Waals surface area contributed by atoms with E-state index < -0.39 is 0 Å². The summed E-state index contributed by atoms with van der Waals surface area (Å²) in [6.07, 6.45) is 6.66. The van der Waals surface area contributed by atoms with Crippen LogP contribution in [0, 0.1) is 13.8 Å². The van der Waals surface area contributed by atoms with Gasteiger partial charge in [-0.3, -0.25) is 0 Å². The van der Waals surface area contributed by atoms with Gasteiger partial charge in [0.05, 0.1) is 17.9 Å². The van der Waals surface area contributed by atoms with E-state index in [1.165, 1.54) is 28.7 Å². The van der Waals surface area contributed by atoms with Crippen molar-refractivity contribution in [2.75, 3.05) is 11.1 Å². The Morgan fingerprint density at radius 3 is 2.84 bits per heavy atom. The van der Waals surface area contributed by atoms with Gasteiger partial charge in [0.2, 0.25) is 0 Å². The van der Waals surface area contributed by atoms with Gasteiger partial charge in [-0.25, -0.2) is 14.6 Å². The number of hydrogen-bond donors (Lipinski definition) is 2. The van der Waals surface area contributed by atoms with E-state index in [-0.39, 0.29) is 6.04 Å². The highest BCUT2D eigenvalue weighted by Gasteiger charge is 2.25. The van der Waals surface area contributed by atoms with Crippen LogP contribution in [-0.2, 0) is 6.42 Å². The van der Waals surface area contributed by atoms with E-state index in [0.717, 1.165) is 30.8 Å². The monoisotopic (exact) mass is 334 g/mol. The van der Waals surface area contributed by atoms with Gasteiger partial charge in [0.1, 0.15) is 18.0 Å². The third-order valence-electron chi connectivity index (χ3n) is 4.93. The lowest BCUT2D eigenvalue weighted by Crippen LogP contribution is -2.18. The van der Waals surface area contributed by atoms with E-state index in [4.69, 9.17) is 5.73 Å². The van der Waals surface area contributed by atoms with Gasteiger partial charge in [-0.15, -0.1) is 0 Å². The first kappa shape index (κ1) is 15.6. The van der Waals surface area contributed by atoms with Crippen molar-refractivity contribution in [3.05, 3.63) is 59.2 Å². The minimum atomic E-state index is 0.193. The lowest BCUT2D eigenvalue weighted by molar-refractivity contribution is 0.582. The first-order chi connectivity index (χ1) is 12.1. The second kappa shape index (κ2) is 6.20. The molecule has 3 aromatic rings. The predicted molar refractivity (Wildman–Crippen MR) is 98.8 cm³/mol. The lowest BCUT2D eigenvalue weighted by atomic mass is 9.93. The van der Waals surface area contributed by atoms with Crippen LogP contribution in [0.25, 0.3) is 5.69 Å². The van der Waals surface area contributed by atoms with Crippen molar-refractivity contribution in [2.24, 2.45) is 0 Å². The standard InChI is InChI=1S/C19H22N6/c1-12-6-7-14(8-13(12)2)25-17-5-3-4-16(15(17)10-23-25)24-19-9-18(20)21-11-22-19/h6-11,16H,3-5H2,1-2H3,(H3,20,21,22,24). The lowest BCUT2D eigenvalue weighted by Gasteiger charge is -2.24. The number of rotatable bonds is 3. The summed E-state index contributed by atoms with van der Waals surface area (Å²) in [5, 5.41) is 8.15. The molecule has 0 saturated carbocycles. The third-order valence-corrected chi connectivity index (χ3v) is 4.93. The minimum absolute atomic E-state index is 0.193. The summed E-state index contributed by atoms with van der Waals surface area (Å²) < 4.78 is 2.07. The molecule has 6 nitrogen and oxygen atoms in total. The Bertz CT molecular complexity index is 914. The molecule has 6 heteroatoms. The molecule has 25 heavy (non-hydrogen) atoms. The van der Waals surface area contributed by atoms with E-state index in [0.29, 0.717) is 5.82 Å². The normalized spacial score (nSPS) is 16.5. The van der Waals surface area contributed by atoms with Crippen LogP contribution in [0.5, 0.6) is 0 Å². The molecule has 3 N–H and O–H groups in total. The smallest absolute Gasteiger partial charge is 0.131 e. The molecule has 128 valence electrons. The first-order valence-electron chi connectivity index (χ1n) is 8.60. The average molecular weight is 334 g/mol. The number of anilines is 2. The Kier molecular flexibility index (Phi) is 3.87. The first-order valence-corrected chi connectivity index (χ1v) is 8.60. The fourth-order valence-electron chi connectivity index (χ4n) is 3.42. The zero-order valence-electron chi connectivity index (χ0n) is 14.5. The highest BCUT2D eigenvalue weighted by Crippen LogP contribution is 2.33. The van der Waals surface area contributed by atoms with Gasteiger partial charge in [-0.1, -0.05) is 6.07 Å². The van der Waals surface area contributed by atoms with Crippen LogP contribution in [0.1, 0.15) is 41.3 Å². The second-order valence-corrected chi connectivity index (χ2v) is 6.64. The molecule has 1 aromatic carbocycles. The zero-order chi connectivity index (χ0) is 17.4. The number of nitrogen functional groups attached to an aromatic ring is 1. The molecule has 1 aliphatic rings. The van der Waals surface area contributed by atoms with Crippen LogP contribution in [0.2, 0.25) is 0 Å². The van der Waals surface area contributed by atoms with Crippen LogP contribution in [-0.4, -0.2) is 19.7 Å². The fourth-order valence-corrected chi connectivity index (χ4v) is 3.42. The number of nitrogens with one attached hydrogen (secondary N) is 1. The molecule has 4 rings (SSSR count). The van der Waals surface area contributed by atoms with Gasteiger partial charge in [-0.2, -0.15) is 5.10 Å². The molecule has 0 spiro atoms. The number of aryl methyl sites for hydroxylation is 2. The van der Waals surface area contributed by atoms with Gasteiger partial charge in [0.15, 0.2) is 0 Å². The molecule has 2 aromatic heterocycles. The minimum Gasteiger partial charge on any atom is -0.384 e. The number of nitrogens with two attached hydrogens (primary N) is 1. The Balaban J connectivity index is 1.67. The summed E-state index contributed by atoms with van der Waals surface area (Å²) in [5.74, 6) is 1.23. The van der Waals surface area contributed by atoms with Crippen LogP contribution >= 0.6 is 0 Å². The fraction of sp³-hybridized carbons (Fsp3) is 0.316. The third kappa shape index (κ3) is 2.95. The van der Waals surface area contributed by atoms with E-state index in [1.807, 2.05) is 6.20 Å². The summed E-state index contributed by atoms with van der Waals surface area (Å²) in [6, 6.07) is 8.45. The maximum Gasteiger partial charge on any atom is 0.131 e. The predicted octanol–water partition coefficient (Wildman–Crippen LogP) is 3.35. The van der Waals surface area contributed by atoms with Gasteiger partial charge in [-0.05, 0) is 56.4 Å². The average Bonchev–Trinajstić information content (AvgIpc) is 3.03. The van der Waals surface area contributed by atoms with Crippen molar-refractivity contribution in [1.29, 1.82) is 0 Å². The quantitative estimate of drug-likeness (QED) is 0.767. The molecule has 0 radical (unpaired) electrons. The van der Waals surface area contributed by atoms with Gasteiger partial charge in [0, 0.05) is 17.3 Å². The molecular formula is C19H22N6. The SMILES string of the molecule is Cc1ccc(-n2ncc3c2CCCC3Nc2cc(N)ncn2)cc1C. The molecule has 0 aliphatic heterocycles. The maximum absolute atomic E-state index is 5.76. The van der Waals surface area contributed by atoms with Crippen molar-refractivity contribution in [1.82, 2.24) is 19.7 Å². The van der Waals surface area contributed by atoms with E-state index in [2.05, 4.69) is 57.1 Å². The molecule has 1 atom stereocenters. The van der Waals surface area contributed by atoms with E-state index >= 15 is 0 Å². The van der Waals surface area contributed by atoms with Crippen LogP contribution < -0.4 is 11.1 Å². The number of nitrogens with zero attached hydrogens (tertiary/aromatic N) is 4. The molecule has 0 bridgehead atoms. The highest BCUT2D eigenvalue weighted by atomic mass is 15.3. The summed E-state index contributed by atoms with van der Waals surface area (Å²) in [7, 11) is 0. The van der Waals surface area contributed by atoms with Crippen molar-refractivity contribution in [3.63, 3.8) is 0 Å². The number of aromatic nitrogens is 4. The van der Waals surface area contributed by atoms with Crippen molar-refractivity contribution in [2.45, 2.75) is 39.2 Å². The summed E-state index contributed by atoms with van der Waals surface area (Å²) in [4.78, 5) is 8.21. The Hall–Kier alpha value is -2.89. The van der Waals surface area contributed by atoms with Crippen molar-refractivity contribution >= 4 is 11.6 Å². The van der Waals surface area contributed by atoms with Crippen molar-refractivity contribution < 1.29 is 0 Å². The zero-order valence-corrected chi connectivity index (χ0v) is 14.5. The summed E-state index contributed by atoms with van der Waals surface area (Å²) in [5.41, 5.74) is 12.0. The topological polar surface area (TPSA) is 81.7 Å². The molecule has 1 aliphatic carbocycles. The summed E-state index contributed by atoms with van der Waals surface area (Å²) in [6.45, 7) is 4.27. The Morgan fingerprint density at radius 1 is 1.16 bits per heavy atom. The molecule has 0 amide bonds. The molecule has 0 fully saturated rings. The largest absolute Gasteiger partial charge is 0.384 e. The van der Waals surface area contributed by atoms with Gasteiger partial charge < -0.3 is 11.1 Å². The van der Waals surface area contributed by atoms with Crippen LogP contribution in [0.4, 0.5) is 11.6 Å². The number of hydrogen-bond acceptors (Lipinski definition) is 5. The Labute approximate surface area is 147 Å². The molecule has 0 saturated heterocycles. The Morgan fingerprint density at radius 2 is 2.04 bits per heavy atom. The molecular weight excluding hydrogens is 312 g/mol. The molecule has 1 unspecified atom stereocenters. The highest BCUT2D eigenvalue weighted by molar-refractivity contribution is 5.47. The van der Waals surface area contributed by atoms with E-state index in [1.54, 1.807) is 6.07 Å².